The number of ketones is 2. The van der Waals surface area contributed by atoms with Gasteiger partial charge in [-0.1, -0.05) is 18.7 Å². The van der Waals surface area contributed by atoms with E-state index >= 15 is 0 Å². The summed E-state index contributed by atoms with van der Waals surface area (Å²) in [5.74, 6) is -6.78. The molecule has 0 saturated heterocycles. The van der Waals surface area contributed by atoms with Crippen LogP contribution >= 0.6 is 11.8 Å². The predicted molar refractivity (Wildman–Crippen MR) is 146 cm³/mol. The van der Waals surface area contributed by atoms with E-state index in [0.717, 1.165) is 11.8 Å². The predicted octanol–water partition coefficient (Wildman–Crippen LogP) is 1.31. The van der Waals surface area contributed by atoms with Crippen molar-refractivity contribution < 1.29 is 39.6 Å². The third-order valence-electron chi connectivity index (χ3n) is 7.69. The minimum absolute atomic E-state index is 0.00891. The van der Waals surface area contributed by atoms with E-state index in [2.05, 4.69) is 5.32 Å². The molecule has 1 aromatic rings. The molecule has 0 spiro atoms. The zero-order valence-electron chi connectivity index (χ0n) is 22.2. The van der Waals surface area contributed by atoms with Crippen LogP contribution in [0.4, 0.5) is 16.2 Å². The molecular formula is C26H32N4O8S. The Hall–Kier alpha value is -3.55. The maximum absolute atomic E-state index is 14.0. The van der Waals surface area contributed by atoms with Crippen molar-refractivity contribution in [3.8, 4) is 5.75 Å². The van der Waals surface area contributed by atoms with Gasteiger partial charge in [0.25, 0.3) is 11.1 Å². The van der Waals surface area contributed by atoms with Crippen molar-refractivity contribution in [3.63, 3.8) is 0 Å². The molecule has 1 saturated carbocycles. The van der Waals surface area contributed by atoms with Crippen molar-refractivity contribution in [2.45, 2.75) is 31.4 Å². The molecule has 210 valence electrons. The smallest absolute Gasteiger partial charge is 0.283 e. The highest BCUT2D eigenvalue weighted by molar-refractivity contribution is 8.13. The maximum atomic E-state index is 14.0. The van der Waals surface area contributed by atoms with Gasteiger partial charge in [0.1, 0.15) is 17.1 Å². The lowest BCUT2D eigenvalue weighted by Crippen LogP contribution is -2.65. The lowest BCUT2D eigenvalue weighted by Gasteiger charge is -2.50. The highest BCUT2D eigenvalue weighted by Crippen LogP contribution is 2.54. The van der Waals surface area contributed by atoms with E-state index in [0.29, 0.717) is 17.0 Å². The number of hydrogen-bond donors (Lipinski definition) is 6. The summed E-state index contributed by atoms with van der Waals surface area (Å²) in [7, 11) is 6.58. The third kappa shape index (κ3) is 4.15. The second kappa shape index (κ2) is 9.88. The first-order valence-corrected chi connectivity index (χ1v) is 13.3. The molecule has 0 radical (unpaired) electrons. The highest BCUT2D eigenvalue weighted by Gasteiger charge is 2.64. The van der Waals surface area contributed by atoms with Crippen LogP contribution in [-0.2, 0) is 20.8 Å². The number of primary amides is 1. The van der Waals surface area contributed by atoms with Crippen molar-refractivity contribution in [3.05, 3.63) is 34.1 Å². The van der Waals surface area contributed by atoms with Crippen LogP contribution in [0.15, 0.2) is 23.0 Å². The van der Waals surface area contributed by atoms with Gasteiger partial charge in [-0.2, -0.15) is 0 Å². The molecular weight excluding hydrogens is 528 g/mol. The minimum Gasteiger partial charge on any atom is -0.508 e. The molecule has 1 fully saturated rings. The molecule has 4 rings (SSSR count). The van der Waals surface area contributed by atoms with Crippen LogP contribution in [0.25, 0.3) is 5.76 Å². The third-order valence-corrected chi connectivity index (χ3v) is 8.34. The van der Waals surface area contributed by atoms with Gasteiger partial charge in [-0.15, -0.1) is 0 Å². The van der Waals surface area contributed by atoms with Gasteiger partial charge in [0.15, 0.2) is 17.1 Å². The summed E-state index contributed by atoms with van der Waals surface area (Å²) in [4.78, 5) is 54.7. The van der Waals surface area contributed by atoms with Gasteiger partial charge >= 0.3 is 0 Å². The lowest BCUT2D eigenvalue weighted by atomic mass is 9.57. The zero-order valence-corrected chi connectivity index (χ0v) is 23.0. The number of amides is 2. The number of Topliss-reactive ketones (excluding diaryl/α,β-unsaturated/α-hetero) is 2. The molecule has 0 bridgehead atoms. The normalized spacial score (nSPS) is 26.3. The Morgan fingerprint density at radius 3 is 2.36 bits per heavy atom. The van der Waals surface area contributed by atoms with Crippen LogP contribution in [0.2, 0.25) is 0 Å². The minimum atomic E-state index is -2.71. The Morgan fingerprint density at radius 1 is 1.18 bits per heavy atom. The first-order valence-electron chi connectivity index (χ1n) is 12.3. The van der Waals surface area contributed by atoms with Crippen molar-refractivity contribution in [2.24, 2.45) is 17.6 Å². The number of hydrogen-bond acceptors (Lipinski definition) is 11. The fourth-order valence-electron chi connectivity index (χ4n) is 6.06. The first kappa shape index (κ1) is 28.5. The molecule has 1 aromatic carbocycles. The van der Waals surface area contributed by atoms with Gasteiger partial charge in [-0.05, 0) is 50.2 Å². The molecule has 0 aromatic heterocycles. The summed E-state index contributed by atoms with van der Waals surface area (Å²) in [5, 5.41) is 47.4. The molecule has 12 nitrogen and oxygen atoms in total. The van der Waals surface area contributed by atoms with Crippen molar-refractivity contribution >= 4 is 51.6 Å². The first-order chi connectivity index (χ1) is 18.2. The molecule has 0 heterocycles. The fourth-order valence-corrected chi connectivity index (χ4v) is 6.51. The number of phenols is 1. The number of aliphatic hydroxyl groups is 3. The summed E-state index contributed by atoms with van der Waals surface area (Å²) < 4.78 is 0. The number of likely N-dealkylation sites (N-methyl/N-ethyl adjacent to an activating group) is 1. The van der Waals surface area contributed by atoms with Crippen LogP contribution < -0.4 is 16.0 Å². The van der Waals surface area contributed by atoms with Gasteiger partial charge in [-0.3, -0.25) is 24.1 Å². The van der Waals surface area contributed by atoms with Crippen LogP contribution in [0.1, 0.15) is 24.5 Å². The van der Waals surface area contributed by atoms with Gasteiger partial charge in [0.2, 0.25) is 5.78 Å². The topological polar surface area (TPSA) is 194 Å². The Balaban J connectivity index is 1.97. The number of aromatic hydroxyl groups is 1. The lowest BCUT2D eigenvalue weighted by molar-refractivity contribution is -0.153. The number of aliphatic hydroxyl groups excluding tert-OH is 2. The van der Waals surface area contributed by atoms with E-state index in [1.165, 1.54) is 4.90 Å². The number of phenolic OH excluding ortho intramolecular Hbond substituents is 1. The van der Waals surface area contributed by atoms with Crippen LogP contribution in [-0.4, -0.2) is 93.6 Å². The van der Waals surface area contributed by atoms with Crippen molar-refractivity contribution in [1.29, 1.82) is 0 Å². The summed E-state index contributed by atoms with van der Waals surface area (Å²) in [6.45, 7) is 1.79. The molecule has 0 aliphatic heterocycles. The zero-order chi connectivity index (χ0) is 29.1. The second-order valence-electron chi connectivity index (χ2n) is 10.3. The standard InChI is InChI=1S/C26H32N4O8S/c1-6-39-25(37)28-13-9-14(29(2)3)11-7-10-8-12-18(30(4)5)21(33)17(24(27)36)23(35)26(12,38)22(34)15(10)20(32)16(11)19(13)31/h9-10,12,18,31-32,35,38H,6-8H2,1-5H3,(H2,27,36)(H,28,37)/t10?,12?,18-,26-/m0/s1. The molecule has 39 heavy (non-hydrogen) atoms. The number of nitrogens with zero attached hydrogens (tertiary/aromatic N) is 2. The molecule has 13 heteroatoms. The Kier molecular flexibility index (Phi) is 7.21. The van der Waals surface area contributed by atoms with E-state index in [1.54, 1.807) is 46.1 Å². The Bertz CT molecular complexity index is 1370. The average molecular weight is 561 g/mol. The summed E-state index contributed by atoms with van der Waals surface area (Å²) in [6, 6.07) is 0.417. The van der Waals surface area contributed by atoms with E-state index in [1.807, 2.05) is 0 Å². The number of benzene rings is 1. The molecule has 7 N–H and O–H groups in total. The Labute approximate surface area is 229 Å². The van der Waals surface area contributed by atoms with Gasteiger partial charge in [-0.25, -0.2) is 0 Å². The highest BCUT2D eigenvalue weighted by atomic mass is 32.2. The molecule has 3 aliphatic carbocycles. The quantitative estimate of drug-likeness (QED) is 0.225. The number of rotatable bonds is 5. The van der Waals surface area contributed by atoms with E-state index in [-0.39, 0.29) is 29.7 Å². The molecule has 2 unspecified atom stereocenters. The number of nitrogens with one attached hydrogen (secondary N) is 1. The molecule has 4 atom stereocenters. The van der Waals surface area contributed by atoms with Crippen LogP contribution in [0, 0.1) is 11.8 Å². The number of nitrogens with two attached hydrogens (primary N) is 1. The summed E-state index contributed by atoms with van der Waals surface area (Å²) in [6.07, 6.45) is 0.137. The molecule has 2 amide bonds. The number of thioether (sulfide) groups is 1. The van der Waals surface area contributed by atoms with Crippen LogP contribution in [0.3, 0.4) is 0 Å². The second-order valence-corrected chi connectivity index (χ2v) is 11.6. The number of fused-ring (bicyclic) bond motifs is 3. The van der Waals surface area contributed by atoms with E-state index in [4.69, 9.17) is 5.73 Å². The monoisotopic (exact) mass is 560 g/mol. The largest absolute Gasteiger partial charge is 0.508 e. The number of anilines is 2. The van der Waals surface area contributed by atoms with E-state index in [9.17, 15) is 39.6 Å². The SMILES string of the molecule is CCSC(=O)Nc1cc(N(C)C)c2c(c1O)C(O)=C1C(=O)[C@]3(O)C(O)=C(C(N)=O)C(=O)[C@@H](N(C)C)C3CC1C2. The van der Waals surface area contributed by atoms with Crippen molar-refractivity contribution in [2.75, 3.05) is 44.2 Å². The number of carbonyl (C=O) groups excluding carboxylic acids is 4. The van der Waals surface area contributed by atoms with Gasteiger partial charge in [0.05, 0.1) is 17.3 Å². The van der Waals surface area contributed by atoms with Crippen molar-refractivity contribution in [1.82, 2.24) is 4.90 Å². The molecule has 3 aliphatic rings. The Morgan fingerprint density at radius 2 is 1.82 bits per heavy atom. The maximum Gasteiger partial charge on any atom is 0.283 e. The van der Waals surface area contributed by atoms with Gasteiger partial charge < -0.3 is 36.4 Å². The summed E-state index contributed by atoms with van der Waals surface area (Å²) >= 11 is 0.985. The number of carbonyl (C=O) groups is 4. The summed E-state index contributed by atoms with van der Waals surface area (Å²) in [5.41, 5.74) is 2.51. The fraction of sp³-hybridized carbons (Fsp3) is 0.462. The van der Waals surface area contributed by atoms with Gasteiger partial charge in [0, 0.05) is 31.3 Å². The van der Waals surface area contributed by atoms with Crippen LogP contribution in [0.5, 0.6) is 5.75 Å². The average Bonchev–Trinajstić information content (AvgIpc) is 2.82. The van der Waals surface area contributed by atoms with E-state index < -0.39 is 69.0 Å².